The van der Waals surface area contributed by atoms with E-state index in [1.807, 2.05) is 13.8 Å². The van der Waals surface area contributed by atoms with Crippen LogP contribution in [0.3, 0.4) is 0 Å². The van der Waals surface area contributed by atoms with Gasteiger partial charge in [0, 0.05) is 24.5 Å². The highest BCUT2D eigenvalue weighted by Gasteiger charge is 2.17. The Labute approximate surface area is 118 Å². The van der Waals surface area contributed by atoms with Crippen LogP contribution in [-0.2, 0) is 0 Å². The van der Waals surface area contributed by atoms with Crippen molar-refractivity contribution in [2.75, 3.05) is 11.9 Å². The van der Waals surface area contributed by atoms with Gasteiger partial charge in [-0.15, -0.1) is 0 Å². The van der Waals surface area contributed by atoms with Crippen LogP contribution in [0.5, 0.6) is 0 Å². The molecule has 0 N–H and O–H groups in total. The third kappa shape index (κ3) is 1.72. The molecular formula is C16H19N3O. The number of nitrogens with zero attached hydrogens (tertiary/aromatic N) is 3. The molecule has 0 unspecified atom stereocenters. The summed E-state index contributed by atoms with van der Waals surface area (Å²) in [5.74, 6) is 0.923. The molecular weight excluding hydrogens is 250 g/mol. The van der Waals surface area contributed by atoms with Crippen LogP contribution in [0.2, 0.25) is 0 Å². The second-order valence-corrected chi connectivity index (χ2v) is 5.25. The van der Waals surface area contributed by atoms with Gasteiger partial charge in [0.15, 0.2) is 5.65 Å². The van der Waals surface area contributed by atoms with Crippen molar-refractivity contribution in [3.63, 3.8) is 0 Å². The van der Waals surface area contributed by atoms with Crippen LogP contribution in [0.1, 0.15) is 22.7 Å². The lowest BCUT2D eigenvalue weighted by Gasteiger charge is -2.20. The number of imidazole rings is 1. The Morgan fingerprint density at radius 2 is 1.95 bits per heavy atom. The van der Waals surface area contributed by atoms with Gasteiger partial charge in [0.05, 0.1) is 23.3 Å². The number of fused-ring (bicyclic) bond motifs is 1. The second-order valence-electron chi connectivity index (χ2n) is 5.25. The van der Waals surface area contributed by atoms with Gasteiger partial charge < -0.3 is 13.7 Å². The Morgan fingerprint density at radius 1 is 1.20 bits per heavy atom. The summed E-state index contributed by atoms with van der Waals surface area (Å²) in [4.78, 5) is 6.84. The number of aryl methyl sites for hydroxylation is 4. The minimum absolute atomic E-state index is 0.923. The zero-order valence-corrected chi connectivity index (χ0v) is 12.6. The maximum absolute atomic E-state index is 5.51. The summed E-state index contributed by atoms with van der Waals surface area (Å²) in [6.45, 7) is 8.18. The molecule has 0 amide bonds. The molecule has 4 heteroatoms. The molecule has 0 saturated carbocycles. The van der Waals surface area contributed by atoms with E-state index in [2.05, 4.69) is 48.5 Å². The predicted molar refractivity (Wildman–Crippen MR) is 80.9 cm³/mol. The molecule has 0 aliphatic carbocycles. The van der Waals surface area contributed by atoms with Gasteiger partial charge in [-0.3, -0.25) is 0 Å². The first-order chi connectivity index (χ1) is 9.50. The molecule has 3 rings (SSSR count). The van der Waals surface area contributed by atoms with Gasteiger partial charge in [-0.1, -0.05) is 0 Å². The van der Waals surface area contributed by atoms with Gasteiger partial charge in [0.25, 0.3) is 0 Å². The van der Waals surface area contributed by atoms with E-state index in [9.17, 15) is 0 Å². The topological polar surface area (TPSA) is 33.7 Å². The van der Waals surface area contributed by atoms with Gasteiger partial charge in [-0.05, 0) is 39.8 Å². The first kappa shape index (κ1) is 12.8. The van der Waals surface area contributed by atoms with Gasteiger partial charge in [0.2, 0.25) is 0 Å². The molecule has 3 heterocycles. The van der Waals surface area contributed by atoms with Crippen LogP contribution in [0.25, 0.3) is 5.65 Å². The summed E-state index contributed by atoms with van der Waals surface area (Å²) in [6.07, 6.45) is 3.85. The lowest BCUT2D eigenvalue weighted by atomic mass is 10.2. The van der Waals surface area contributed by atoms with Crippen molar-refractivity contribution in [2.24, 2.45) is 0 Å². The average molecular weight is 269 g/mol. The van der Waals surface area contributed by atoms with Crippen molar-refractivity contribution >= 4 is 17.0 Å². The monoisotopic (exact) mass is 269 g/mol. The summed E-state index contributed by atoms with van der Waals surface area (Å²) in [5.41, 5.74) is 6.53. The molecule has 0 aromatic carbocycles. The minimum Gasteiger partial charge on any atom is -0.467 e. The highest BCUT2D eigenvalue weighted by Crippen LogP contribution is 2.33. The Hall–Kier alpha value is -2.23. The van der Waals surface area contributed by atoms with Crippen molar-refractivity contribution < 1.29 is 4.42 Å². The number of hydrogen-bond acceptors (Lipinski definition) is 3. The molecule has 104 valence electrons. The summed E-state index contributed by atoms with van der Waals surface area (Å²) in [5, 5.41) is 0. The first-order valence-electron chi connectivity index (χ1n) is 6.73. The standard InChI is InChI=1S/C16H19N3O/c1-10-9-20-13(4)15(10)18(5)14-7-6-8-19-12(3)11(2)17-16(14)19/h6-9H,1-5H3. The molecule has 0 atom stereocenters. The Bertz CT molecular complexity index is 763. The van der Waals surface area contributed by atoms with E-state index >= 15 is 0 Å². The highest BCUT2D eigenvalue weighted by molar-refractivity contribution is 5.78. The maximum atomic E-state index is 5.51. The summed E-state index contributed by atoms with van der Waals surface area (Å²) >= 11 is 0. The van der Waals surface area contributed by atoms with Gasteiger partial charge in [-0.25, -0.2) is 4.98 Å². The Morgan fingerprint density at radius 3 is 2.60 bits per heavy atom. The van der Waals surface area contributed by atoms with Crippen molar-refractivity contribution in [2.45, 2.75) is 27.7 Å². The smallest absolute Gasteiger partial charge is 0.161 e. The van der Waals surface area contributed by atoms with Crippen LogP contribution in [0.4, 0.5) is 11.4 Å². The SMILES string of the molecule is Cc1coc(C)c1N(C)c1cccn2c(C)c(C)nc12. The third-order valence-corrected chi connectivity index (χ3v) is 3.92. The Kier molecular flexibility index (Phi) is 2.82. The largest absolute Gasteiger partial charge is 0.467 e. The molecule has 0 fully saturated rings. The van der Waals surface area contributed by atoms with Crippen molar-refractivity contribution in [1.82, 2.24) is 9.38 Å². The second kappa shape index (κ2) is 4.40. The molecule has 3 aromatic rings. The highest BCUT2D eigenvalue weighted by atomic mass is 16.3. The number of pyridine rings is 1. The Balaban J connectivity index is 2.22. The van der Waals surface area contributed by atoms with E-state index in [4.69, 9.17) is 9.40 Å². The molecule has 20 heavy (non-hydrogen) atoms. The van der Waals surface area contributed by atoms with Crippen LogP contribution in [0.15, 0.2) is 29.0 Å². The number of furan rings is 1. The quantitative estimate of drug-likeness (QED) is 0.707. The van der Waals surface area contributed by atoms with Gasteiger partial charge in [0.1, 0.15) is 5.76 Å². The van der Waals surface area contributed by atoms with E-state index in [1.54, 1.807) is 6.26 Å². The summed E-state index contributed by atoms with van der Waals surface area (Å²) < 4.78 is 7.64. The van der Waals surface area contributed by atoms with E-state index in [0.717, 1.165) is 34.0 Å². The van der Waals surface area contributed by atoms with E-state index in [0.29, 0.717) is 0 Å². The number of rotatable bonds is 2. The number of hydrogen-bond donors (Lipinski definition) is 0. The average Bonchev–Trinajstić information content (AvgIpc) is 2.90. The molecule has 3 aromatic heterocycles. The van der Waals surface area contributed by atoms with E-state index in [1.165, 1.54) is 5.69 Å². The molecule has 0 radical (unpaired) electrons. The van der Waals surface area contributed by atoms with Crippen molar-refractivity contribution in [3.05, 3.63) is 47.3 Å². The molecule has 0 aliphatic rings. The van der Waals surface area contributed by atoms with Gasteiger partial charge >= 0.3 is 0 Å². The fourth-order valence-electron chi connectivity index (χ4n) is 2.73. The molecule has 0 aliphatic heterocycles. The van der Waals surface area contributed by atoms with Crippen molar-refractivity contribution in [3.8, 4) is 0 Å². The summed E-state index contributed by atoms with van der Waals surface area (Å²) in [7, 11) is 2.06. The number of aromatic nitrogens is 2. The van der Waals surface area contributed by atoms with Crippen LogP contribution in [-0.4, -0.2) is 16.4 Å². The lowest BCUT2D eigenvalue weighted by Crippen LogP contribution is -2.12. The molecule has 0 bridgehead atoms. The zero-order valence-electron chi connectivity index (χ0n) is 12.6. The normalized spacial score (nSPS) is 11.2. The minimum atomic E-state index is 0.923. The molecule has 0 spiro atoms. The van der Waals surface area contributed by atoms with Crippen LogP contribution >= 0.6 is 0 Å². The predicted octanol–water partition coefficient (Wildman–Crippen LogP) is 3.93. The van der Waals surface area contributed by atoms with Crippen LogP contribution in [0, 0.1) is 27.7 Å². The van der Waals surface area contributed by atoms with E-state index in [-0.39, 0.29) is 0 Å². The first-order valence-corrected chi connectivity index (χ1v) is 6.73. The van der Waals surface area contributed by atoms with Crippen molar-refractivity contribution in [1.29, 1.82) is 0 Å². The number of anilines is 2. The molecule has 0 saturated heterocycles. The van der Waals surface area contributed by atoms with E-state index < -0.39 is 0 Å². The maximum Gasteiger partial charge on any atom is 0.161 e. The zero-order chi connectivity index (χ0) is 14.4. The van der Waals surface area contributed by atoms with Crippen LogP contribution < -0.4 is 4.90 Å². The molecule has 4 nitrogen and oxygen atoms in total. The van der Waals surface area contributed by atoms with Gasteiger partial charge in [-0.2, -0.15) is 0 Å². The lowest BCUT2D eigenvalue weighted by molar-refractivity contribution is 0.533. The third-order valence-electron chi connectivity index (χ3n) is 3.92. The fourth-order valence-corrected chi connectivity index (χ4v) is 2.73. The summed E-state index contributed by atoms with van der Waals surface area (Å²) in [6, 6.07) is 4.14. The fraction of sp³-hybridized carbons (Fsp3) is 0.312.